The van der Waals surface area contributed by atoms with Gasteiger partial charge in [0.1, 0.15) is 0 Å². The Morgan fingerprint density at radius 3 is 2.59 bits per heavy atom. The molecule has 1 aliphatic carbocycles. The van der Waals surface area contributed by atoms with E-state index in [-0.39, 0.29) is 12.2 Å². The predicted molar refractivity (Wildman–Crippen MR) is 104 cm³/mol. The fourth-order valence-electron chi connectivity index (χ4n) is 4.61. The first-order valence-electron chi connectivity index (χ1n) is 9.17. The minimum atomic E-state index is -1.81. The molecule has 0 saturated heterocycles. The van der Waals surface area contributed by atoms with Crippen LogP contribution in [0.15, 0.2) is 54.6 Å². The number of carbonyl (C=O) groups excluding carboxylic acids is 2. The van der Waals surface area contributed by atoms with Crippen LogP contribution in [0, 0.1) is 0 Å². The van der Waals surface area contributed by atoms with Crippen molar-refractivity contribution in [1.29, 1.82) is 0 Å². The van der Waals surface area contributed by atoms with E-state index in [0.29, 0.717) is 16.8 Å². The summed E-state index contributed by atoms with van der Waals surface area (Å²) in [5.41, 5.74) is 2.43. The summed E-state index contributed by atoms with van der Waals surface area (Å²) in [7, 11) is 1.63. The number of nitrogens with zero attached hydrogens (tertiary/aromatic N) is 1. The van der Waals surface area contributed by atoms with Gasteiger partial charge in [0.05, 0.1) is 12.1 Å². The Kier molecular flexibility index (Phi) is 3.31. The molecule has 0 bridgehead atoms. The van der Waals surface area contributed by atoms with E-state index in [1.165, 1.54) is 16.0 Å². The molecule has 5 rings (SSSR count). The molecule has 1 N–H and O–H groups in total. The molecule has 0 aromatic heterocycles. The van der Waals surface area contributed by atoms with E-state index in [4.69, 9.17) is 0 Å². The number of rotatable bonds is 3. The van der Waals surface area contributed by atoms with Crippen molar-refractivity contribution in [2.24, 2.45) is 0 Å². The average Bonchev–Trinajstić information content (AvgIpc) is 3.18. The number of hydrogen-bond acceptors (Lipinski definition) is 3. The third-order valence-corrected chi connectivity index (χ3v) is 5.96. The van der Waals surface area contributed by atoms with Crippen LogP contribution in [-0.2, 0) is 23.2 Å². The molecule has 134 valence electrons. The number of aryl methyl sites for hydroxylation is 2. The van der Waals surface area contributed by atoms with Crippen LogP contribution >= 0.6 is 0 Å². The zero-order valence-electron chi connectivity index (χ0n) is 15.0. The van der Waals surface area contributed by atoms with Gasteiger partial charge in [-0.3, -0.25) is 9.59 Å². The topological polar surface area (TPSA) is 57.6 Å². The largest absolute Gasteiger partial charge is 0.375 e. The maximum absolute atomic E-state index is 13.2. The SMILES string of the molecule is CN1C(=O)C(O)(CC(=O)c2ccc3c4c(cccc24)CC3)c2ccccc21. The third kappa shape index (κ3) is 2.14. The Morgan fingerprint density at radius 2 is 1.78 bits per heavy atom. The normalized spacial score (nSPS) is 20.4. The van der Waals surface area contributed by atoms with Gasteiger partial charge in [0.25, 0.3) is 5.91 Å². The molecule has 3 aromatic rings. The van der Waals surface area contributed by atoms with E-state index in [1.54, 1.807) is 25.2 Å². The minimum absolute atomic E-state index is 0.216. The Morgan fingerprint density at radius 1 is 1.04 bits per heavy atom. The average molecular weight is 357 g/mol. The molecule has 0 radical (unpaired) electrons. The van der Waals surface area contributed by atoms with Crippen molar-refractivity contribution in [3.8, 4) is 0 Å². The standard InChI is InChI=1S/C23H19NO3/c1-24-19-8-3-2-7-18(19)23(27,22(24)26)13-20(25)16-12-11-15-10-9-14-5-4-6-17(16)21(14)15/h2-8,11-12,27H,9-10,13H2,1H3. The van der Waals surface area contributed by atoms with Crippen molar-refractivity contribution >= 4 is 28.2 Å². The zero-order valence-corrected chi connectivity index (χ0v) is 15.0. The van der Waals surface area contributed by atoms with Crippen LogP contribution in [-0.4, -0.2) is 23.8 Å². The van der Waals surface area contributed by atoms with Gasteiger partial charge in [-0.05, 0) is 40.8 Å². The van der Waals surface area contributed by atoms with Crippen molar-refractivity contribution < 1.29 is 14.7 Å². The third-order valence-electron chi connectivity index (χ3n) is 5.96. The smallest absolute Gasteiger partial charge is 0.263 e. The molecule has 27 heavy (non-hydrogen) atoms. The predicted octanol–water partition coefficient (Wildman–Crippen LogP) is 3.38. The van der Waals surface area contributed by atoms with Gasteiger partial charge in [-0.2, -0.15) is 0 Å². The molecule has 4 heteroatoms. The van der Waals surface area contributed by atoms with Crippen LogP contribution in [0.2, 0.25) is 0 Å². The van der Waals surface area contributed by atoms with Gasteiger partial charge >= 0.3 is 0 Å². The molecule has 1 aliphatic heterocycles. The molecule has 1 atom stereocenters. The fraction of sp³-hybridized carbons (Fsp3) is 0.217. The molecule has 0 saturated carbocycles. The lowest BCUT2D eigenvalue weighted by Crippen LogP contribution is -2.40. The maximum atomic E-state index is 13.2. The number of carbonyl (C=O) groups is 2. The second kappa shape index (κ2) is 5.51. The molecule has 3 aromatic carbocycles. The lowest BCUT2D eigenvalue weighted by atomic mass is 9.86. The molecule has 0 fully saturated rings. The highest BCUT2D eigenvalue weighted by molar-refractivity contribution is 6.14. The number of likely N-dealkylation sites (N-methyl/N-ethyl adjacent to an activating group) is 1. The van der Waals surface area contributed by atoms with E-state index < -0.39 is 11.5 Å². The summed E-state index contributed by atoms with van der Waals surface area (Å²) in [5, 5.41) is 13.3. The number of ketones is 1. The molecule has 1 heterocycles. The van der Waals surface area contributed by atoms with Crippen molar-refractivity contribution in [2.45, 2.75) is 24.9 Å². The number of fused-ring (bicyclic) bond motifs is 1. The van der Waals surface area contributed by atoms with Gasteiger partial charge in [0, 0.05) is 18.2 Å². The van der Waals surface area contributed by atoms with Crippen LogP contribution in [0.3, 0.4) is 0 Å². The van der Waals surface area contributed by atoms with Crippen LogP contribution in [0.1, 0.15) is 33.5 Å². The van der Waals surface area contributed by atoms with Crippen LogP contribution in [0.5, 0.6) is 0 Å². The molecule has 1 amide bonds. The number of Topliss-reactive ketones (excluding diaryl/α,β-unsaturated/α-hetero) is 1. The molecular formula is C23H19NO3. The van der Waals surface area contributed by atoms with Crippen molar-refractivity contribution in [3.05, 3.63) is 76.9 Å². The second-order valence-corrected chi connectivity index (χ2v) is 7.45. The van der Waals surface area contributed by atoms with Gasteiger partial charge in [0.2, 0.25) is 0 Å². The highest BCUT2D eigenvalue weighted by atomic mass is 16.3. The Hall–Kier alpha value is -2.98. The van der Waals surface area contributed by atoms with Gasteiger partial charge in [-0.25, -0.2) is 0 Å². The Labute approximate surface area is 157 Å². The molecular weight excluding hydrogens is 338 g/mol. The summed E-state index contributed by atoms with van der Waals surface area (Å²) in [5.74, 6) is -0.672. The summed E-state index contributed by atoms with van der Waals surface area (Å²) in [6.45, 7) is 0. The molecule has 0 spiro atoms. The zero-order chi connectivity index (χ0) is 18.8. The molecule has 2 aliphatic rings. The first-order chi connectivity index (χ1) is 13.0. The van der Waals surface area contributed by atoms with E-state index >= 15 is 0 Å². The highest BCUT2D eigenvalue weighted by Crippen LogP contribution is 2.42. The highest BCUT2D eigenvalue weighted by Gasteiger charge is 2.49. The quantitative estimate of drug-likeness (QED) is 0.731. The number of anilines is 1. The van der Waals surface area contributed by atoms with Gasteiger partial charge in [-0.15, -0.1) is 0 Å². The first-order valence-corrected chi connectivity index (χ1v) is 9.17. The first kappa shape index (κ1) is 16.2. The van der Waals surface area contributed by atoms with E-state index in [1.807, 2.05) is 30.3 Å². The number of benzene rings is 3. The summed E-state index contributed by atoms with van der Waals surface area (Å²) in [6.07, 6.45) is 1.72. The van der Waals surface area contributed by atoms with Crippen molar-refractivity contribution in [1.82, 2.24) is 0 Å². The van der Waals surface area contributed by atoms with Gasteiger partial charge in [0.15, 0.2) is 11.4 Å². The lowest BCUT2D eigenvalue weighted by molar-refractivity contribution is -0.135. The summed E-state index contributed by atoms with van der Waals surface area (Å²) in [4.78, 5) is 27.4. The molecule has 4 nitrogen and oxygen atoms in total. The number of amides is 1. The van der Waals surface area contributed by atoms with E-state index in [2.05, 4.69) is 6.07 Å². The van der Waals surface area contributed by atoms with Crippen LogP contribution < -0.4 is 4.90 Å². The Balaban J connectivity index is 1.59. The van der Waals surface area contributed by atoms with E-state index in [0.717, 1.165) is 23.6 Å². The van der Waals surface area contributed by atoms with Crippen LogP contribution in [0.25, 0.3) is 10.8 Å². The van der Waals surface area contributed by atoms with Gasteiger partial charge < -0.3 is 10.0 Å². The summed E-state index contributed by atoms with van der Waals surface area (Å²) in [6, 6.07) is 17.0. The second-order valence-electron chi connectivity index (χ2n) is 7.45. The maximum Gasteiger partial charge on any atom is 0.263 e. The lowest BCUT2D eigenvalue weighted by Gasteiger charge is -2.21. The monoisotopic (exact) mass is 357 g/mol. The van der Waals surface area contributed by atoms with Crippen LogP contribution in [0.4, 0.5) is 5.69 Å². The minimum Gasteiger partial charge on any atom is -0.375 e. The van der Waals surface area contributed by atoms with Gasteiger partial charge in [-0.1, -0.05) is 48.5 Å². The fourth-order valence-corrected chi connectivity index (χ4v) is 4.61. The van der Waals surface area contributed by atoms with Crippen molar-refractivity contribution in [3.63, 3.8) is 0 Å². The summed E-state index contributed by atoms with van der Waals surface area (Å²) < 4.78 is 0. The summed E-state index contributed by atoms with van der Waals surface area (Å²) >= 11 is 0. The van der Waals surface area contributed by atoms with E-state index in [9.17, 15) is 14.7 Å². The Bertz CT molecular complexity index is 1120. The number of aliphatic hydroxyl groups is 1. The molecule has 1 unspecified atom stereocenters. The number of para-hydroxylation sites is 1. The van der Waals surface area contributed by atoms with Crippen molar-refractivity contribution in [2.75, 3.05) is 11.9 Å². The number of hydrogen-bond donors (Lipinski definition) is 1.